The van der Waals surface area contributed by atoms with Gasteiger partial charge in [-0.2, -0.15) is 0 Å². The van der Waals surface area contributed by atoms with Gasteiger partial charge >= 0.3 is 0 Å². The van der Waals surface area contributed by atoms with Crippen molar-refractivity contribution in [1.82, 2.24) is 0 Å². The maximum Gasteiger partial charge on any atom is 0.295 e. The molecule has 7 heteroatoms. The van der Waals surface area contributed by atoms with Gasteiger partial charge in [-0.05, 0) is 85.8 Å². The topological polar surface area (TPSA) is 69.0 Å². The lowest BCUT2D eigenvalue weighted by atomic mass is 9.96. The summed E-state index contributed by atoms with van der Waals surface area (Å²) in [5.41, 5.74) is 4.57. The number of unbranched alkanes of at least 4 members (excludes halogenated alkanes) is 1. The predicted octanol–water partition coefficient (Wildman–Crippen LogP) is 7.31. The minimum Gasteiger partial charge on any atom is -0.493 e. The molecule has 0 spiro atoms. The second-order valence-corrected chi connectivity index (χ2v) is 10.1. The van der Waals surface area contributed by atoms with Crippen molar-refractivity contribution in [3.63, 3.8) is 0 Å². The number of carbonyl (C=O) groups excluding carboxylic acids is 1. The summed E-state index contributed by atoms with van der Waals surface area (Å²) in [6, 6.07) is 13.8. The lowest BCUT2D eigenvalue weighted by Gasteiger charge is -2.26. The fourth-order valence-corrected chi connectivity index (χ4v) is 5.02. The highest BCUT2D eigenvalue weighted by Crippen LogP contribution is 2.44. The van der Waals surface area contributed by atoms with Crippen LogP contribution in [0.3, 0.4) is 0 Å². The van der Waals surface area contributed by atoms with Crippen LogP contribution >= 0.6 is 11.6 Å². The number of fused-ring (bicyclic) bond motifs is 2. The number of rotatable bonds is 7. The van der Waals surface area contributed by atoms with Gasteiger partial charge in [0.05, 0.1) is 30.7 Å². The number of benzene rings is 3. The first-order valence-corrected chi connectivity index (χ1v) is 13.1. The maximum absolute atomic E-state index is 14.0. The monoisotopic (exact) mass is 531 g/mol. The van der Waals surface area contributed by atoms with Crippen LogP contribution in [0, 0.1) is 20.8 Å². The largest absolute Gasteiger partial charge is 0.493 e. The molecule has 0 saturated heterocycles. The van der Waals surface area contributed by atoms with E-state index in [1.807, 2.05) is 63.2 Å². The van der Waals surface area contributed by atoms with E-state index in [0.717, 1.165) is 29.5 Å². The molecule has 6 nitrogen and oxygen atoms in total. The van der Waals surface area contributed by atoms with Crippen LogP contribution in [0.1, 0.15) is 64.2 Å². The summed E-state index contributed by atoms with van der Waals surface area (Å²) in [5.74, 6) is 0.771. The van der Waals surface area contributed by atoms with Crippen molar-refractivity contribution in [2.45, 2.75) is 46.6 Å². The number of halogens is 1. The Morgan fingerprint density at radius 3 is 2.42 bits per heavy atom. The molecule has 4 aromatic rings. The molecular weight excluding hydrogens is 502 g/mol. The summed E-state index contributed by atoms with van der Waals surface area (Å²) in [7, 11) is 1.57. The summed E-state index contributed by atoms with van der Waals surface area (Å²) < 4.78 is 17.7. The van der Waals surface area contributed by atoms with Crippen molar-refractivity contribution >= 4 is 34.2 Å². The summed E-state index contributed by atoms with van der Waals surface area (Å²) >= 11 is 6.47. The van der Waals surface area contributed by atoms with E-state index in [4.69, 9.17) is 25.5 Å². The molecule has 196 valence electrons. The normalized spacial score (nSPS) is 14.7. The Labute approximate surface area is 226 Å². The van der Waals surface area contributed by atoms with Gasteiger partial charge in [-0.1, -0.05) is 37.1 Å². The first-order valence-electron chi connectivity index (χ1n) is 12.7. The Hall–Kier alpha value is -3.77. The number of hydrogen-bond donors (Lipinski definition) is 0. The first-order chi connectivity index (χ1) is 18.2. The van der Waals surface area contributed by atoms with E-state index in [2.05, 4.69) is 6.92 Å². The molecule has 0 aliphatic carbocycles. The van der Waals surface area contributed by atoms with Crippen LogP contribution in [0.15, 0.2) is 57.7 Å². The highest BCUT2D eigenvalue weighted by molar-refractivity contribution is 6.31. The van der Waals surface area contributed by atoms with E-state index >= 15 is 0 Å². The van der Waals surface area contributed by atoms with E-state index in [9.17, 15) is 9.59 Å². The lowest BCUT2D eigenvalue weighted by molar-refractivity contribution is 0.0971. The smallest absolute Gasteiger partial charge is 0.295 e. The second kappa shape index (κ2) is 10.2. The molecule has 0 saturated carbocycles. The van der Waals surface area contributed by atoms with Crippen LogP contribution in [0.5, 0.6) is 11.5 Å². The summed E-state index contributed by atoms with van der Waals surface area (Å²) in [4.78, 5) is 29.5. The molecule has 0 fully saturated rings. The molecule has 1 aromatic heterocycles. The van der Waals surface area contributed by atoms with E-state index < -0.39 is 11.9 Å². The maximum atomic E-state index is 14.0. The van der Waals surface area contributed by atoms with Gasteiger partial charge < -0.3 is 13.9 Å². The molecule has 1 aliphatic rings. The van der Waals surface area contributed by atoms with Gasteiger partial charge in [0.2, 0.25) is 5.76 Å². The molecule has 1 amide bonds. The number of anilines is 1. The van der Waals surface area contributed by atoms with E-state index in [-0.39, 0.29) is 11.2 Å². The molecule has 1 atom stereocenters. The van der Waals surface area contributed by atoms with Crippen LogP contribution in [-0.2, 0) is 0 Å². The average molecular weight is 532 g/mol. The molecule has 1 aliphatic heterocycles. The number of ether oxygens (including phenoxy) is 2. The van der Waals surface area contributed by atoms with E-state index in [0.29, 0.717) is 50.9 Å². The number of methoxy groups -OCH3 is 1. The highest BCUT2D eigenvalue weighted by Gasteiger charge is 2.44. The summed E-state index contributed by atoms with van der Waals surface area (Å²) in [6.45, 7) is 8.46. The summed E-state index contributed by atoms with van der Waals surface area (Å²) in [6.07, 6.45) is 1.93. The van der Waals surface area contributed by atoms with Crippen molar-refractivity contribution < 1.29 is 18.7 Å². The lowest BCUT2D eigenvalue weighted by Crippen LogP contribution is -2.29. The van der Waals surface area contributed by atoms with Crippen LogP contribution in [0.25, 0.3) is 11.0 Å². The minimum atomic E-state index is -0.739. The Kier molecular flexibility index (Phi) is 6.93. The van der Waals surface area contributed by atoms with Crippen molar-refractivity contribution in [1.29, 1.82) is 0 Å². The summed E-state index contributed by atoms with van der Waals surface area (Å²) in [5, 5.41) is 0.970. The van der Waals surface area contributed by atoms with E-state index in [1.54, 1.807) is 18.1 Å². The number of carbonyl (C=O) groups is 1. The van der Waals surface area contributed by atoms with Gasteiger partial charge in [-0.15, -0.1) is 0 Å². The third-order valence-corrected chi connectivity index (χ3v) is 7.59. The SMILES string of the molecule is CCCCOc1ccc(C2c3c(oc4cc(C)c(C)cc4c3=O)C(=O)N2c2ccc(C)c(Cl)c2)cc1OC. The van der Waals surface area contributed by atoms with Gasteiger partial charge in [-0.3, -0.25) is 14.5 Å². The third-order valence-electron chi connectivity index (χ3n) is 7.18. The number of amides is 1. The molecule has 1 unspecified atom stereocenters. The number of aryl methyl sites for hydroxylation is 3. The van der Waals surface area contributed by atoms with E-state index in [1.165, 1.54) is 0 Å². The Morgan fingerprint density at radius 1 is 0.947 bits per heavy atom. The predicted molar refractivity (Wildman–Crippen MR) is 150 cm³/mol. The van der Waals surface area contributed by atoms with Gasteiger partial charge in [0.15, 0.2) is 16.9 Å². The van der Waals surface area contributed by atoms with Crippen LogP contribution in [0.2, 0.25) is 5.02 Å². The highest BCUT2D eigenvalue weighted by atomic mass is 35.5. The van der Waals surface area contributed by atoms with Crippen LogP contribution in [0.4, 0.5) is 5.69 Å². The zero-order valence-electron chi connectivity index (χ0n) is 22.2. The average Bonchev–Trinajstić information content (AvgIpc) is 3.19. The molecular formula is C31H30ClNO5. The minimum absolute atomic E-state index is 0.0367. The van der Waals surface area contributed by atoms with Gasteiger partial charge in [0.1, 0.15) is 5.58 Å². The standard InChI is InChI=1S/C31H30ClNO5/c1-6-7-12-37-24-11-9-20(15-26(24)36-5)28-27-29(34)22-13-18(3)19(4)14-25(22)38-30(27)31(35)33(28)21-10-8-17(2)23(32)16-21/h8-11,13-16,28H,6-7,12H2,1-5H3. The van der Waals surface area contributed by atoms with Crippen molar-refractivity contribution in [2.75, 3.05) is 18.6 Å². The Morgan fingerprint density at radius 2 is 1.71 bits per heavy atom. The van der Waals surface area contributed by atoms with Gasteiger partial charge in [0.25, 0.3) is 5.91 Å². The van der Waals surface area contributed by atoms with Crippen LogP contribution in [-0.4, -0.2) is 19.6 Å². The molecule has 3 aromatic carbocycles. The number of nitrogens with zero attached hydrogens (tertiary/aromatic N) is 1. The van der Waals surface area contributed by atoms with Crippen molar-refractivity contribution in [3.05, 3.63) is 97.4 Å². The van der Waals surface area contributed by atoms with Crippen molar-refractivity contribution in [3.8, 4) is 11.5 Å². The molecule has 38 heavy (non-hydrogen) atoms. The first kappa shape index (κ1) is 25.9. The third kappa shape index (κ3) is 4.33. The second-order valence-electron chi connectivity index (χ2n) is 9.73. The molecule has 5 rings (SSSR count). The quantitative estimate of drug-likeness (QED) is 0.234. The van der Waals surface area contributed by atoms with Crippen LogP contribution < -0.4 is 19.8 Å². The van der Waals surface area contributed by atoms with Gasteiger partial charge in [0, 0.05) is 10.7 Å². The zero-order chi connectivity index (χ0) is 27.1. The number of hydrogen-bond acceptors (Lipinski definition) is 5. The Bertz CT molecular complexity index is 1620. The molecule has 2 heterocycles. The fraction of sp³-hybridized carbons (Fsp3) is 0.290. The zero-order valence-corrected chi connectivity index (χ0v) is 22.9. The van der Waals surface area contributed by atoms with Gasteiger partial charge in [-0.25, -0.2) is 0 Å². The molecule has 0 bridgehead atoms. The molecule has 0 radical (unpaired) electrons. The fourth-order valence-electron chi connectivity index (χ4n) is 4.84. The molecule has 0 N–H and O–H groups in total. The van der Waals surface area contributed by atoms with Crippen molar-refractivity contribution in [2.24, 2.45) is 0 Å². The Balaban J connectivity index is 1.74.